The van der Waals surface area contributed by atoms with E-state index in [1.165, 1.54) is 19.1 Å². The summed E-state index contributed by atoms with van der Waals surface area (Å²) in [5.74, 6) is -0.834. The average Bonchev–Trinajstić information content (AvgIpc) is 2.48. The number of ketones is 1. The number of aromatic nitrogens is 2. The predicted molar refractivity (Wildman–Crippen MR) is 86.3 cm³/mol. The van der Waals surface area contributed by atoms with Crippen molar-refractivity contribution in [2.24, 2.45) is 0 Å². The minimum absolute atomic E-state index is 0.118. The molecule has 0 aliphatic heterocycles. The third-order valence-corrected chi connectivity index (χ3v) is 4.17. The summed E-state index contributed by atoms with van der Waals surface area (Å²) >= 11 is 5.85. The van der Waals surface area contributed by atoms with Crippen LogP contribution in [-0.2, 0) is 9.84 Å². The zero-order chi connectivity index (χ0) is 18.1. The first kappa shape index (κ1) is 18.0. The monoisotopic (exact) mass is 368 g/mol. The van der Waals surface area contributed by atoms with Gasteiger partial charge in [-0.15, -0.1) is 0 Å². The highest BCUT2D eigenvalue weighted by atomic mass is 35.5. The number of ether oxygens (including phenoxy) is 1. The summed E-state index contributed by atoms with van der Waals surface area (Å²) in [5.41, 5.74) is 0.679. The van der Waals surface area contributed by atoms with Gasteiger partial charge in [-0.1, -0.05) is 11.6 Å². The molecule has 1 aromatic carbocycles. The van der Waals surface area contributed by atoms with E-state index in [-0.39, 0.29) is 22.2 Å². The Morgan fingerprint density at radius 3 is 2.46 bits per heavy atom. The SMILES string of the molecule is CC(=O)c1ccc(OC(=O)c2nc(S(C)(=O)=O)ncc2Cl)c(C)c1. The van der Waals surface area contributed by atoms with Crippen molar-refractivity contribution in [1.29, 1.82) is 0 Å². The molecule has 2 rings (SSSR count). The maximum absolute atomic E-state index is 12.2. The number of halogens is 1. The quantitative estimate of drug-likeness (QED) is 0.353. The zero-order valence-corrected chi connectivity index (χ0v) is 14.6. The van der Waals surface area contributed by atoms with E-state index in [1.54, 1.807) is 13.0 Å². The summed E-state index contributed by atoms with van der Waals surface area (Å²) in [6.07, 6.45) is 1.93. The van der Waals surface area contributed by atoms with Gasteiger partial charge in [-0.3, -0.25) is 4.79 Å². The van der Waals surface area contributed by atoms with Crippen LogP contribution in [0.5, 0.6) is 5.75 Å². The van der Waals surface area contributed by atoms with Crippen LogP contribution in [0.25, 0.3) is 0 Å². The van der Waals surface area contributed by atoms with Crippen molar-refractivity contribution < 1.29 is 22.7 Å². The van der Waals surface area contributed by atoms with Gasteiger partial charge in [0, 0.05) is 11.8 Å². The van der Waals surface area contributed by atoms with Gasteiger partial charge in [0.15, 0.2) is 11.5 Å². The van der Waals surface area contributed by atoms with Crippen LogP contribution < -0.4 is 4.74 Å². The van der Waals surface area contributed by atoms with E-state index >= 15 is 0 Å². The number of Topliss-reactive ketones (excluding diaryl/α,β-unsaturated/α-hetero) is 1. The summed E-state index contributed by atoms with van der Waals surface area (Å²) < 4.78 is 28.2. The van der Waals surface area contributed by atoms with Gasteiger partial charge in [0.2, 0.25) is 15.0 Å². The standard InChI is InChI=1S/C15H13ClN2O5S/c1-8-6-10(9(2)19)4-5-12(8)23-14(20)13-11(16)7-17-15(18-13)24(3,21)22/h4-7H,1-3H3. The Morgan fingerprint density at radius 1 is 1.25 bits per heavy atom. The lowest BCUT2D eigenvalue weighted by Crippen LogP contribution is -2.15. The molecule has 0 atom stereocenters. The molecule has 2 aromatic rings. The molecule has 0 aliphatic rings. The van der Waals surface area contributed by atoms with Crippen LogP contribution in [0.2, 0.25) is 5.02 Å². The van der Waals surface area contributed by atoms with Crippen molar-refractivity contribution >= 4 is 33.2 Å². The van der Waals surface area contributed by atoms with Crippen LogP contribution in [-0.4, -0.2) is 36.4 Å². The second kappa shape index (κ2) is 6.66. The molecule has 0 amide bonds. The molecule has 1 heterocycles. The number of rotatable bonds is 4. The van der Waals surface area contributed by atoms with Crippen molar-refractivity contribution in [2.45, 2.75) is 19.0 Å². The van der Waals surface area contributed by atoms with E-state index in [9.17, 15) is 18.0 Å². The smallest absolute Gasteiger partial charge is 0.364 e. The molecule has 0 radical (unpaired) electrons. The molecule has 0 spiro atoms. The maximum Gasteiger partial charge on any atom is 0.364 e. The molecule has 24 heavy (non-hydrogen) atoms. The molecule has 0 fully saturated rings. The molecule has 0 N–H and O–H groups in total. The molecule has 0 saturated carbocycles. The first-order valence-corrected chi connectivity index (χ1v) is 8.93. The Bertz CT molecular complexity index is 941. The highest BCUT2D eigenvalue weighted by Crippen LogP contribution is 2.22. The number of hydrogen-bond donors (Lipinski definition) is 0. The number of nitrogens with zero attached hydrogens (tertiary/aromatic N) is 2. The van der Waals surface area contributed by atoms with Gasteiger partial charge in [0.1, 0.15) is 5.75 Å². The molecular weight excluding hydrogens is 356 g/mol. The summed E-state index contributed by atoms with van der Waals surface area (Å²) in [6.45, 7) is 3.09. The average molecular weight is 369 g/mol. The van der Waals surface area contributed by atoms with Crippen LogP contribution >= 0.6 is 11.6 Å². The number of carbonyl (C=O) groups is 2. The van der Waals surface area contributed by atoms with Crippen LogP contribution in [0.1, 0.15) is 33.3 Å². The summed E-state index contributed by atoms with van der Waals surface area (Å²) in [6, 6.07) is 4.56. The van der Waals surface area contributed by atoms with Crippen LogP contribution in [0.4, 0.5) is 0 Å². The van der Waals surface area contributed by atoms with Gasteiger partial charge in [-0.25, -0.2) is 23.2 Å². The molecule has 9 heteroatoms. The number of hydrogen-bond acceptors (Lipinski definition) is 7. The Morgan fingerprint density at radius 2 is 1.92 bits per heavy atom. The normalized spacial score (nSPS) is 11.2. The molecule has 0 unspecified atom stereocenters. The first-order valence-electron chi connectivity index (χ1n) is 6.66. The van der Waals surface area contributed by atoms with Crippen molar-refractivity contribution in [2.75, 3.05) is 6.26 Å². The summed E-state index contributed by atoms with van der Waals surface area (Å²) in [7, 11) is -3.70. The Balaban J connectivity index is 2.35. The molecule has 0 saturated heterocycles. The maximum atomic E-state index is 12.2. The van der Waals surface area contributed by atoms with Crippen molar-refractivity contribution in [3.63, 3.8) is 0 Å². The van der Waals surface area contributed by atoms with Crippen molar-refractivity contribution in [3.05, 3.63) is 46.2 Å². The van der Waals surface area contributed by atoms with Gasteiger partial charge in [-0.2, -0.15) is 0 Å². The fraction of sp³-hybridized carbons (Fsp3) is 0.200. The predicted octanol–water partition coefficient (Wildman–Crippen LogP) is 2.26. The lowest BCUT2D eigenvalue weighted by molar-refractivity contribution is 0.0726. The third-order valence-electron chi connectivity index (χ3n) is 3.03. The largest absolute Gasteiger partial charge is 0.421 e. The molecule has 0 aliphatic carbocycles. The lowest BCUT2D eigenvalue weighted by Gasteiger charge is -2.09. The number of esters is 1. The zero-order valence-electron chi connectivity index (χ0n) is 13.0. The molecule has 1 aromatic heterocycles. The van der Waals surface area contributed by atoms with E-state index < -0.39 is 21.0 Å². The highest BCUT2D eigenvalue weighted by Gasteiger charge is 2.21. The number of carbonyl (C=O) groups excluding carboxylic acids is 2. The lowest BCUT2D eigenvalue weighted by atomic mass is 10.1. The molecular formula is C15H13ClN2O5S. The van der Waals surface area contributed by atoms with Crippen molar-refractivity contribution in [1.82, 2.24) is 9.97 Å². The minimum Gasteiger partial charge on any atom is -0.421 e. The van der Waals surface area contributed by atoms with E-state index in [1.807, 2.05) is 0 Å². The first-order chi connectivity index (χ1) is 11.1. The number of benzene rings is 1. The highest BCUT2D eigenvalue weighted by molar-refractivity contribution is 7.90. The van der Waals surface area contributed by atoms with Gasteiger partial charge >= 0.3 is 5.97 Å². The fourth-order valence-electron chi connectivity index (χ4n) is 1.80. The Kier molecular flexibility index (Phi) is 5.00. The fourth-order valence-corrected chi connectivity index (χ4v) is 2.47. The van der Waals surface area contributed by atoms with E-state index in [0.717, 1.165) is 12.5 Å². The third kappa shape index (κ3) is 3.95. The summed E-state index contributed by atoms with van der Waals surface area (Å²) in [4.78, 5) is 30.8. The molecule has 7 nitrogen and oxygen atoms in total. The second-order valence-corrected chi connectivity index (χ2v) is 7.36. The van der Waals surface area contributed by atoms with Crippen LogP contribution in [0.3, 0.4) is 0 Å². The minimum atomic E-state index is -3.70. The second-order valence-electron chi connectivity index (χ2n) is 5.05. The van der Waals surface area contributed by atoms with E-state index in [2.05, 4.69) is 9.97 Å². The number of sulfone groups is 1. The van der Waals surface area contributed by atoms with Crippen LogP contribution in [0.15, 0.2) is 29.6 Å². The Labute approximate surface area is 143 Å². The van der Waals surface area contributed by atoms with Gasteiger partial charge in [0.25, 0.3) is 0 Å². The van der Waals surface area contributed by atoms with E-state index in [4.69, 9.17) is 16.3 Å². The Hall–Kier alpha value is -2.32. The van der Waals surface area contributed by atoms with E-state index in [0.29, 0.717) is 11.1 Å². The van der Waals surface area contributed by atoms with Crippen molar-refractivity contribution in [3.8, 4) is 5.75 Å². The molecule has 126 valence electrons. The summed E-state index contributed by atoms with van der Waals surface area (Å²) in [5, 5.41) is -0.659. The number of aryl methyl sites for hydroxylation is 1. The van der Waals surface area contributed by atoms with Gasteiger partial charge < -0.3 is 4.74 Å². The molecule has 0 bridgehead atoms. The van der Waals surface area contributed by atoms with Gasteiger partial charge in [0.05, 0.1) is 11.2 Å². The topological polar surface area (TPSA) is 103 Å². The van der Waals surface area contributed by atoms with Gasteiger partial charge in [-0.05, 0) is 37.6 Å². The van der Waals surface area contributed by atoms with Crippen LogP contribution in [0, 0.1) is 6.92 Å².